The maximum atomic E-state index is 13.6. The van der Waals surface area contributed by atoms with Crippen LogP contribution >= 0.6 is 11.6 Å². The molecule has 0 saturated carbocycles. The fraction of sp³-hybridized carbons (Fsp3) is 0.375. The van der Waals surface area contributed by atoms with Gasteiger partial charge >= 0.3 is 0 Å². The van der Waals surface area contributed by atoms with Crippen LogP contribution in [0.5, 0.6) is 0 Å². The first-order chi connectivity index (χ1) is 15.2. The zero-order valence-electron chi connectivity index (χ0n) is 18.7. The van der Waals surface area contributed by atoms with Crippen molar-refractivity contribution in [2.24, 2.45) is 5.92 Å². The minimum absolute atomic E-state index is 0.161. The molecule has 1 aliphatic rings. The molecule has 1 unspecified atom stereocenters. The molecule has 7 nitrogen and oxygen atoms in total. The van der Waals surface area contributed by atoms with Crippen molar-refractivity contribution in [3.63, 3.8) is 0 Å². The van der Waals surface area contributed by atoms with Gasteiger partial charge in [-0.3, -0.25) is 14.4 Å². The number of para-hydroxylation sites is 1. The van der Waals surface area contributed by atoms with Gasteiger partial charge in [-0.2, -0.15) is 0 Å². The van der Waals surface area contributed by atoms with E-state index in [9.17, 15) is 14.4 Å². The Morgan fingerprint density at radius 3 is 2.34 bits per heavy atom. The molecular formula is C24H29ClN4O3. The Labute approximate surface area is 193 Å². The summed E-state index contributed by atoms with van der Waals surface area (Å²) in [5.74, 6) is -1.08. The van der Waals surface area contributed by atoms with Crippen LogP contribution in [0.2, 0.25) is 5.02 Å². The third kappa shape index (κ3) is 4.95. The van der Waals surface area contributed by atoms with Crippen molar-refractivity contribution in [1.29, 1.82) is 0 Å². The van der Waals surface area contributed by atoms with Crippen LogP contribution in [0.15, 0.2) is 48.5 Å². The van der Waals surface area contributed by atoms with Crippen molar-refractivity contribution in [2.45, 2.75) is 45.4 Å². The normalized spacial score (nSPS) is 16.9. The molecule has 1 aliphatic heterocycles. The zero-order chi connectivity index (χ0) is 23.4. The molecule has 8 heteroatoms. The van der Waals surface area contributed by atoms with Crippen LogP contribution in [0.4, 0.5) is 5.69 Å². The first-order valence-corrected chi connectivity index (χ1v) is 11.0. The minimum atomic E-state index is -0.824. The number of halogens is 1. The molecule has 0 radical (unpaired) electrons. The predicted molar refractivity (Wildman–Crippen MR) is 125 cm³/mol. The van der Waals surface area contributed by atoms with Crippen LogP contribution in [0.1, 0.15) is 37.9 Å². The fourth-order valence-corrected chi connectivity index (χ4v) is 3.92. The number of fused-ring (bicyclic) bond motifs is 1. The highest BCUT2D eigenvalue weighted by Gasteiger charge is 2.42. The standard InChI is InChI=1S/C24H29ClN4O3/c1-14(2)20(28-22(30)15(3)26-4)24(32)29-13-16-9-5-6-10-17(16)21(29)23(31)27-19-12-8-7-11-18(19)25/h5-12,14-15,20-21,26H,13H2,1-4H3,(H,27,31)(H,28,30)/t15-,20-,21?/m0/s1. The summed E-state index contributed by atoms with van der Waals surface area (Å²) < 4.78 is 0. The molecule has 2 aromatic carbocycles. The van der Waals surface area contributed by atoms with E-state index in [1.54, 1.807) is 38.2 Å². The van der Waals surface area contributed by atoms with E-state index >= 15 is 0 Å². The van der Waals surface area contributed by atoms with E-state index in [0.29, 0.717) is 10.7 Å². The Balaban J connectivity index is 1.91. The van der Waals surface area contributed by atoms with Gasteiger partial charge in [0.05, 0.1) is 16.8 Å². The first kappa shape index (κ1) is 23.8. The van der Waals surface area contributed by atoms with Crippen molar-refractivity contribution < 1.29 is 14.4 Å². The van der Waals surface area contributed by atoms with Gasteiger partial charge in [-0.25, -0.2) is 0 Å². The van der Waals surface area contributed by atoms with Gasteiger partial charge in [-0.1, -0.05) is 61.8 Å². The van der Waals surface area contributed by atoms with E-state index in [1.165, 1.54) is 4.90 Å². The predicted octanol–water partition coefficient (Wildman–Crippen LogP) is 3.11. The molecule has 3 amide bonds. The number of hydrogen-bond donors (Lipinski definition) is 3. The molecule has 2 aromatic rings. The maximum absolute atomic E-state index is 13.6. The lowest BCUT2D eigenvalue weighted by atomic mass is 10.0. The van der Waals surface area contributed by atoms with Crippen LogP contribution in [-0.2, 0) is 20.9 Å². The van der Waals surface area contributed by atoms with Gasteiger partial charge in [0.15, 0.2) is 0 Å². The number of nitrogens with zero attached hydrogens (tertiary/aromatic N) is 1. The summed E-state index contributed by atoms with van der Waals surface area (Å²) in [6.07, 6.45) is 0. The topological polar surface area (TPSA) is 90.5 Å². The highest BCUT2D eigenvalue weighted by Crippen LogP contribution is 2.36. The molecule has 1 heterocycles. The SMILES string of the molecule is CN[C@@H](C)C(=O)N[C@H](C(=O)N1Cc2ccccc2C1C(=O)Nc1ccccc1Cl)C(C)C. The van der Waals surface area contributed by atoms with Crippen LogP contribution in [0, 0.1) is 5.92 Å². The molecule has 0 saturated heterocycles. The van der Waals surface area contributed by atoms with E-state index in [1.807, 2.05) is 38.1 Å². The number of likely N-dealkylation sites (N-methyl/N-ethyl adjacent to an activating group) is 1. The van der Waals surface area contributed by atoms with Crippen molar-refractivity contribution in [1.82, 2.24) is 15.5 Å². The number of carbonyl (C=O) groups is 3. The Hall–Kier alpha value is -2.90. The molecule has 3 atom stereocenters. The molecule has 3 N–H and O–H groups in total. The molecular weight excluding hydrogens is 428 g/mol. The van der Waals surface area contributed by atoms with Gasteiger partial charge in [0, 0.05) is 6.54 Å². The fourth-order valence-electron chi connectivity index (χ4n) is 3.74. The molecule has 32 heavy (non-hydrogen) atoms. The summed E-state index contributed by atoms with van der Waals surface area (Å²) >= 11 is 6.22. The van der Waals surface area contributed by atoms with Crippen LogP contribution in [0.3, 0.4) is 0 Å². The highest BCUT2D eigenvalue weighted by molar-refractivity contribution is 6.33. The monoisotopic (exact) mass is 456 g/mol. The molecule has 0 aliphatic carbocycles. The first-order valence-electron chi connectivity index (χ1n) is 10.7. The minimum Gasteiger partial charge on any atom is -0.343 e. The Morgan fingerprint density at radius 2 is 1.69 bits per heavy atom. The van der Waals surface area contributed by atoms with Gasteiger partial charge in [0.25, 0.3) is 5.91 Å². The van der Waals surface area contributed by atoms with E-state index in [0.717, 1.165) is 11.1 Å². The lowest BCUT2D eigenvalue weighted by molar-refractivity contribution is -0.143. The summed E-state index contributed by atoms with van der Waals surface area (Å²) in [5, 5.41) is 8.99. The van der Waals surface area contributed by atoms with Crippen LogP contribution in [-0.4, -0.2) is 41.8 Å². The lowest BCUT2D eigenvalue weighted by Crippen LogP contribution is -2.55. The third-order valence-electron chi connectivity index (χ3n) is 5.72. The zero-order valence-corrected chi connectivity index (χ0v) is 19.4. The van der Waals surface area contributed by atoms with Crippen molar-refractivity contribution in [3.8, 4) is 0 Å². The van der Waals surface area contributed by atoms with Crippen molar-refractivity contribution in [3.05, 3.63) is 64.7 Å². The number of benzene rings is 2. The van der Waals surface area contributed by atoms with Crippen LogP contribution in [0.25, 0.3) is 0 Å². The maximum Gasteiger partial charge on any atom is 0.251 e. The van der Waals surface area contributed by atoms with Crippen molar-refractivity contribution in [2.75, 3.05) is 12.4 Å². The number of anilines is 1. The smallest absolute Gasteiger partial charge is 0.251 e. The molecule has 0 spiro atoms. The summed E-state index contributed by atoms with van der Waals surface area (Å²) in [4.78, 5) is 41.0. The largest absolute Gasteiger partial charge is 0.343 e. The van der Waals surface area contributed by atoms with Gasteiger partial charge in [0.2, 0.25) is 11.8 Å². The highest BCUT2D eigenvalue weighted by atomic mass is 35.5. The molecule has 170 valence electrons. The Kier molecular flexibility index (Phi) is 7.53. The summed E-state index contributed by atoms with van der Waals surface area (Å²) in [7, 11) is 1.68. The average molecular weight is 457 g/mol. The number of nitrogens with one attached hydrogen (secondary N) is 3. The van der Waals surface area contributed by atoms with Crippen molar-refractivity contribution >= 4 is 35.0 Å². The number of carbonyl (C=O) groups excluding carboxylic acids is 3. The van der Waals surface area contributed by atoms with E-state index in [2.05, 4.69) is 16.0 Å². The van der Waals surface area contributed by atoms with Gasteiger partial charge < -0.3 is 20.9 Å². The van der Waals surface area contributed by atoms with Gasteiger partial charge in [0.1, 0.15) is 12.1 Å². The molecule has 0 bridgehead atoms. The van der Waals surface area contributed by atoms with E-state index in [-0.39, 0.29) is 30.2 Å². The third-order valence-corrected chi connectivity index (χ3v) is 6.05. The average Bonchev–Trinajstić information content (AvgIpc) is 3.17. The number of rotatable bonds is 7. The van der Waals surface area contributed by atoms with Crippen LogP contribution < -0.4 is 16.0 Å². The van der Waals surface area contributed by atoms with E-state index in [4.69, 9.17) is 11.6 Å². The second kappa shape index (κ2) is 10.1. The lowest BCUT2D eigenvalue weighted by Gasteiger charge is -2.31. The molecule has 0 fully saturated rings. The Bertz CT molecular complexity index is 1010. The second-order valence-corrected chi connectivity index (χ2v) is 8.68. The molecule has 3 rings (SSSR count). The second-order valence-electron chi connectivity index (χ2n) is 8.28. The van der Waals surface area contributed by atoms with Gasteiger partial charge in [-0.15, -0.1) is 0 Å². The number of amides is 3. The summed E-state index contributed by atoms with van der Waals surface area (Å²) in [6.45, 7) is 5.75. The number of hydrogen-bond acceptors (Lipinski definition) is 4. The van der Waals surface area contributed by atoms with E-state index < -0.39 is 18.1 Å². The Morgan fingerprint density at radius 1 is 1.03 bits per heavy atom. The molecule has 0 aromatic heterocycles. The summed E-state index contributed by atoms with van der Waals surface area (Å²) in [5.41, 5.74) is 2.15. The summed E-state index contributed by atoms with van der Waals surface area (Å²) in [6, 6.07) is 12.4. The van der Waals surface area contributed by atoms with Gasteiger partial charge in [-0.05, 0) is 43.1 Å². The quantitative estimate of drug-likeness (QED) is 0.597.